The van der Waals surface area contributed by atoms with Crippen LogP contribution < -0.4 is 9.47 Å². The Hall–Kier alpha value is -2.01. The van der Waals surface area contributed by atoms with E-state index in [1.54, 1.807) is 20.3 Å². The molecule has 2 fully saturated rings. The molecule has 1 saturated carbocycles. The van der Waals surface area contributed by atoms with Crippen LogP contribution >= 0.6 is 0 Å². The maximum absolute atomic E-state index is 11.7. The van der Waals surface area contributed by atoms with Crippen LogP contribution in [0.2, 0.25) is 0 Å². The molecule has 116 valence electrons. The Bertz CT molecular complexity index is 633. The van der Waals surface area contributed by atoms with E-state index in [0.29, 0.717) is 6.61 Å². The first-order chi connectivity index (χ1) is 10.7. The molecule has 1 saturated heterocycles. The number of rotatable bonds is 4. The zero-order valence-electron chi connectivity index (χ0n) is 12.8. The SMILES string of the molecule is CCOC(=O)C=C1C2C3OC(c4c(OC)ccc(OC)c43)C12. The first-order valence-electron chi connectivity index (χ1n) is 7.49. The van der Waals surface area contributed by atoms with E-state index in [9.17, 15) is 4.79 Å². The van der Waals surface area contributed by atoms with Crippen molar-refractivity contribution in [3.63, 3.8) is 0 Å². The van der Waals surface area contributed by atoms with Crippen LogP contribution in [0.5, 0.6) is 11.5 Å². The van der Waals surface area contributed by atoms with Gasteiger partial charge in [-0.1, -0.05) is 0 Å². The molecule has 5 heteroatoms. The molecule has 4 rings (SSSR count). The normalized spacial score (nSPS) is 29.7. The maximum atomic E-state index is 11.7. The van der Waals surface area contributed by atoms with Crippen LogP contribution in [-0.2, 0) is 14.3 Å². The summed E-state index contributed by atoms with van der Waals surface area (Å²) in [4.78, 5) is 11.7. The molecule has 1 aliphatic carbocycles. The zero-order chi connectivity index (χ0) is 15.4. The Kier molecular flexibility index (Phi) is 2.94. The van der Waals surface area contributed by atoms with Gasteiger partial charge in [-0.2, -0.15) is 0 Å². The smallest absolute Gasteiger partial charge is 0.330 e. The molecule has 0 spiro atoms. The van der Waals surface area contributed by atoms with Crippen molar-refractivity contribution in [3.05, 3.63) is 34.9 Å². The fraction of sp³-hybridized carbons (Fsp3) is 0.471. The van der Waals surface area contributed by atoms with Crippen LogP contribution in [0.3, 0.4) is 0 Å². The lowest BCUT2D eigenvalue weighted by atomic mass is 9.90. The standard InChI is InChI=1S/C17H18O5/c1-4-21-11(18)7-8-12-13(8)17-15-10(20-3)6-5-9(19-2)14(15)16(12)22-17/h5-7,12-13,16-17H,4H2,1-3H3. The lowest BCUT2D eigenvalue weighted by Gasteiger charge is -2.17. The second-order valence-electron chi connectivity index (χ2n) is 5.72. The number of ether oxygens (including phenoxy) is 4. The van der Waals surface area contributed by atoms with E-state index in [1.165, 1.54) is 0 Å². The number of hydrogen-bond donors (Lipinski definition) is 0. The Balaban J connectivity index is 1.72. The molecular weight excluding hydrogens is 284 g/mol. The van der Waals surface area contributed by atoms with Gasteiger partial charge in [0.1, 0.15) is 11.5 Å². The Labute approximate surface area is 128 Å². The van der Waals surface area contributed by atoms with Gasteiger partial charge in [0.2, 0.25) is 0 Å². The first kappa shape index (κ1) is 13.6. The first-order valence-corrected chi connectivity index (χ1v) is 7.49. The highest BCUT2D eigenvalue weighted by molar-refractivity contribution is 5.84. The summed E-state index contributed by atoms with van der Waals surface area (Å²) in [6.07, 6.45) is 1.54. The van der Waals surface area contributed by atoms with Gasteiger partial charge in [0, 0.05) is 29.0 Å². The lowest BCUT2D eigenvalue weighted by Crippen LogP contribution is -2.05. The maximum Gasteiger partial charge on any atom is 0.330 e. The van der Waals surface area contributed by atoms with Crippen LogP contribution in [0.4, 0.5) is 0 Å². The summed E-state index contributed by atoms with van der Waals surface area (Å²) in [5.41, 5.74) is 3.26. The molecule has 2 aliphatic heterocycles. The number of carbonyl (C=O) groups is 1. The van der Waals surface area contributed by atoms with Crippen LogP contribution in [-0.4, -0.2) is 26.8 Å². The van der Waals surface area contributed by atoms with Crippen LogP contribution in [0.25, 0.3) is 0 Å². The van der Waals surface area contributed by atoms with E-state index < -0.39 is 0 Å². The average molecular weight is 302 g/mol. The average Bonchev–Trinajstić information content (AvgIpc) is 2.93. The number of hydrogen-bond acceptors (Lipinski definition) is 5. The van der Waals surface area contributed by atoms with Gasteiger partial charge in [-0.05, 0) is 24.6 Å². The summed E-state index contributed by atoms with van der Waals surface area (Å²) in [7, 11) is 3.32. The fourth-order valence-electron chi connectivity index (χ4n) is 3.93. The summed E-state index contributed by atoms with van der Waals surface area (Å²) in [5.74, 6) is 1.91. The summed E-state index contributed by atoms with van der Waals surface area (Å²) in [6.45, 7) is 2.20. The van der Waals surface area contributed by atoms with Gasteiger partial charge < -0.3 is 18.9 Å². The molecule has 0 aromatic heterocycles. The third-order valence-electron chi connectivity index (χ3n) is 4.78. The van der Waals surface area contributed by atoms with Crippen molar-refractivity contribution in [3.8, 4) is 11.5 Å². The van der Waals surface area contributed by atoms with E-state index in [4.69, 9.17) is 18.9 Å². The highest BCUT2D eigenvalue weighted by Gasteiger charge is 2.67. The predicted octanol–water partition coefficient (Wildman–Crippen LogP) is 2.57. The van der Waals surface area contributed by atoms with Crippen molar-refractivity contribution >= 4 is 5.97 Å². The second kappa shape index (κ2) is 4.74. The third-order valence-corrected chi connectivity index (χ3v) is 4.78. The molecule has 2 bridgehead atoms. The van der Waals surface area contributed by atoms with Gasteiger partial charge in [0.05, 0.1) is 33.0 Å². The molecule has 4 atom stereocenters. The van der Waals surface area contributed by atoms with E-state index in [1.807, 2.05) is 19.1 Å². The minimum atomic E-state index is -0.269. The molecule has 3 aliphatic rings. The number of fused-ring (bicyclic) bond motifs is 8. The number of methoxy groups -OCH3 is 2. The molecule has 5 nitrogen and oxygen atoms in total. The predicted molar refractivity (Wildman–Crippen MR) is 77.8 cm³/mol. The summed E-state index contributed by atoms with van der Waals surface area (Å²) in [5, 5.41) is 0. The highest BCUT2D eigenvalue weighted by Crippen LogP contribution is 2.74. The molecule has 0 amide bonds. The molecule has 1 aromatic rings. The van der Waals surface area contributed by atoms with Crippen molar-refractivity contribution in [2.24, 2.45) is 11.8 Å². The van der Waals surface area contributed by atoms with E-state index in [0.717, 1.165) is 28.2 Å². The zero-order valence-corrected chi connectivity index (χ0v) is 12.8. The minimum Gasteiger partial charge on any atom is -0.496 e. The second-order valence-corrected chi connectivity index (χ2v) is 5.72. The molecule has 0 N–H and O–H groups in total. The van der Waals surface area contributed by atoms with Gasteiger partial charge in [-0.15, -0.1) is 0 Å². The molecule has 22 heavy (non-hydrogen) atoms. The number of esters is 1. The lowest BCUT2D eigenvalue weighted by molar-refractivity contribution is -0.137. The van der Waals surface area contributed by atoms with E-state index in [-0.39, 0.29) is 30.0 Å². The van der Waals surface area contributed by atoms with Gasteiger partial charge in [-0.25, -0.2) is 4.79 Å². The van der Waals surface area contributed by atoms with Gasteiger partial charge in [0.15, 0.2) is 0 Å². The highest BCUT2D eigenvalue weighted by atomic mass is 16.5. The summed E-state index contributed by atoms with van der Waals surface area (Å²) < 4.78 is 22.1. The van der Waals surface area contributed by atoms with Gasteiger partial charge >= 0.3 is 5.97 Å². The number of carbonyl (C=O) groups excluding carboxylic acids is 1. The molecule has 1 aromatic carbocycles. The Morgan fingerprint density at radius 1 is 1.14 bits per heavy atom. The molecular formula is C17H18O5. The van der Waals surface area contributed by atoms with E-state index >= 15 is 0 Å². The van der Waals surface area contributed by atoms with Crippen molar-refractivity contribution in [2.75, 3.05) is 20.8 Å². The van der Waals surface area contributed by atoms with Crippen LogP contribution in [0.15, 0.2) is 23.8 Å². The minimum absolute atomic E-state index is 0.0456. The van der Waals surface area contributed by atoms with Gasteiger partial charge in [-0.3, -0.25) is 0 Å². The Morgan fingerprint density at radius 2 is 1.68 bits per heavy atom. The number of benzene rings is 1. The Morgan fingerprint density at radius 3 is 2.14 bits per heavy atom. The van der Waals surface area contributed by atoms with Crippen molar-refractivity contribution < 1.29 is 23.7 Å². The quantitative estimate of drug-likeness (QED) is 0.632. The third kappa shape index (κ3) is 1.66. The summed E-state index contributed by atoms with van der Waals surface area (Å²) in [6, 6.07) is 3.82. The molecule has 2 heterocycles. The summed E-state index contributed by atoms with van der Waals surface area (Å²) >= 11 is 0. The topological polar surface area (TPSA) is 54.0 Å². The van der Waals surface area contributed by atoms with Crippen LogP contribution in [0, 0.1) is 11.8 Å². The molecule has 0 radical (unpaired) electrons. The van der Waals surface area contributed by atoms with Crippen molar-refractivity contribution in [2.45, 2.75) is 19.1 Å². The van der Waals surface area contributed by atoms with Crippen molar-refractivity contribution in [1.82, 2.24) is 0 Å². The van der Waals surface area contributed by atoms with Crippen LogP contribution in [0.1, 0.15) is 30.3 Å². The largest absolute Gasteiger partial charge is 0.496 e. The van der Waals surface area contributed by atoms with Crippen molar-refractivity contribution in [1.29, 1.82) is 0 Å². The van der Waals surface area contributed by atoms with E-state index in [2.05, 4.69) is 0 Å². The van der Waals surface area contributed by atoms with Gasteiger partial charge in [0.25, 0.3) is 0 Å². The fourth-order valence-corrected chi connectivity index (χ4v) is 3.93. The molecule has 4 unspecified atom stereocenters. The monoisotopic (exact) mass is 302 g/mol.